The first-order chi connectivity index (χ1) is 11.6. The average Bonchev–Trinajstić information content (AvgIpc) is 2.57. The maximum atomic E-state index is 11.3. The molecule has 0 saturated carbocycles. The smallest absolute Gasteiger partial charge is 0.305 e. The van der Waals surface area contributed by atoms with E-state index in [-0.39, 0.29) is 5.97 Å². The Bertz CT molecular complexity index is 707. The highest BCUT2D eigenvalue weighted by Gasteiger charge is 2.29. The molecule has 0 amide bonds. The second-order valence-corrected chi connectivity index (χ2v) is 6.40. The topological polar surface area (TPSA) is 45.7 Å². The molecule has 0 atom stereocenters. The SMILES string of the molecule is COC(=O)CC1CN(c2ccc(-c3ccnc(N(C)C)c3)cc2)C1. The second kappa shape index (κ2) is 6.91. The molecule has 1 aromatic heterocycles. The summed E-state index contributed by atoms with van der Waals surface area (Å²) >= 11 is 0. The summed E-state index contributed by atoms with van der Waals surface area (Å²) in [5, 5.41) is 0. The Hall–Kier alpha value is -2.56. The number of pyridine rings is 1. The highest BCUT2D eigenvalue weighted by atomic mass is 16.5. The standard InChI is InChI=1S/C19H23N3O2/c1-21(2)18-11-16(8-9-20-18)15-4-6-17(7-5-15)22-12-14(13-22)10-19(23)24-3/h4-9,11,14H,10,12-13H2,1-3H3. The van der Waals surface area contributed by atoms with Crippen molar-refractivity contribution in [2.75, 3.05) is 44.1 Å². The fourth-order valence-corrected chi connectivity index (χ4v) is 2.94. The summed E-state index contributed by atoms with van der Waals surface area (Å²) in [6, 6.07) is 12.7. The number of aromatic nitrogens is 1. The van der Waals surface area contributed by atoms with Gasteiger partial charge in [0.2, 0.25) is 0 Å². The zero-order valence-electron chi connectivity index (χ0n) is 14.4. The van der Waals surface area contributed by atoms with Crippen LogP contribution in [0.2, 0.25) is 0 Å². The summed E-state index contributed by atoms with van der Waals surface area (Å²) in [7, 11) is 5.42. The van der Waals surface area contributed by atoms with Crippen molar-refractivity contribution in [3.05, 3.63) is 42.6 Å². The molecule has 0 N–H and O–H groups in total. The largest absolute Gasteiger partial charge is 0.469 e. The van der Waals surface area contributed by atoms with Crippen molar-refractivity contribution >= 4 is 17.5 Å². The van der Waals surface area contributed by atoms with E-state index in [4.69, 9.17) is 4.74 Å². The monoisotopic (exact) mass is 325 g/mol. The van der Waals surface area contributed by atoms with Crippen molar-refractivity contribution in [2.45, 2.75) is 6.42 Å². The van der Waals surface area contributed by atoms with Gasteiger partial charge in [0.05, 0.1) is 13.5 Å². The van der Waals surface area contributed by atoms with Crippen molar-refractivity contribution in [3.8, 4) is 11.1 Å². The van der Waals surface area contributed by atoms with Gasteiger partial charge in [-0.1, -0.05) is 12.1 Å². The summed E-state index contributed by atoms with van der Waals surface area (Å²) in [5.41, 5.74) is 3.53. The Morgan fingerprint density at radius 3 is 2.54 bits per heavy atom. The lowest BCUT2D eigenvalue weighted by Crippen LogP contribution is -2.47. The number of anilines is 2. The molecule has 126 valence electrons. The molecule has 1 fully saturated rings. The van der Waals surface area contributed by atoms with Crippen LogP contribution >= 0.6 is 0 Å². The van der Waals surface area contributed by atoms with Gasteiger partial charge in [0.1, 0.15) is 5.82 Å². The second-order valence-electron chi connectivity index (χ2n) is 6.40. The molecule has 0 radical (unpaired) electrons. The third-order valence-corrected chi connectivity index (χ3v) is 4.41. The van der Waals surface area contributed by atoms with Crippen LogP contribution in [0.4, 0.5) is 11.5 Å². The molecule has 0 spiro atoms. The zero-order valence-corrected chi connectivity index (χ0v) is 14.4. The summed E-state index contributed by atoms with van der Waals surface area (Å²) in [4.78, 5) is 19.9. The number of carbonyl (C=O) groups excluding carboxylic acids is 1. The van der Waals surface area contributed by atoms with Crippen LogP contribution in [0.5, 0.6) is 0 Å². The Kier molecular flexibility index (Phi) is 4.69. The lowest BCUT2D eigenvalue weighted by molar-refractivity contribution is -0.141. The molecule has 2 heterocycles. The van der Waals surface area contributed by atoms with Gasteiger partial charge >= 0.3 is 5.97 Å². The minimum atomic E-state index is -0.121. The van der Waals surface area contributed by atoms with Crippen molar-refractivity contribution in [1.82, 2.24) is 4.98 Å². The van der Waals surface area contributed by atoms with Crippen LogP contribution in [0.3, 0.4) is 0 Å². The van der Waals surface area contributed by atoms with Crippen molar-refractivity contribution < 1.29 is 9.53 Å². The fourth-order valence-electron chi connectivity index (χ4n) is 2.94. The molecule has 0 bridgehead atoms. The molecule has 0 unspecified atom stereocenters. The van der Waals surface area contributed by atoms with Gasteiger partial charge in [-0.25, -0.2) is 4.98 Å². The van der Waals surface area contributed by atoms with Crippen LogP contribution in [-0.4, -0.2) is 45.2 Å². The molecule has 1 aromatic carbocycles. The highest BCUT2D eigenvalue weighted by Crippen LogP contribution is 2.29. The van der Waals surface area contributed by atoms with Gasteiger partial charge < -0.3 is 14.5 Å². The number of hydrogen-bond acceptors (Lipinski definition) is 5. The minimum absolute atomic E-state index is 0.121. The Labute approximate surface area is 142 Å². The van der Waals surface area contributed by atoms with Gasteiger partial charge in [0, 0.05) is 45.0 Å². The third kappa shape index (κ3) is 3.50. The van der Waals surface area contributed by atoms with Gasteiger partial charge in [-0.3, -0.25) is 4.79 Å². The molecule has 2 aromatic rings. The molecule has 24 heavy (non-hydrogen) atoms. The molecule has 0 aliphatic carbocycles. The summed E-state index contributed by atoms with van der Waals surface area (Å²) in [6.07, 6.45) is 2.35. The quantitative estimate of drug-likeness (QED) is 0.791. The van der Waals surface area contributed by atoms with Crippen LogP contribution < -0.4 is 9.80 Å². The molecule has 3 rings (SSSR count). The minimum Gasteiger partial charge on any atom is -0.469 e. The van der Waals surface area contributed by atoms with E-state index in [0.29, 0.717) is 12.3 Å². The van der Waals surface area contributed by atoms with Gasteiger partial charge in [-0.2, -0.15) is 0 Å². The average molecular weight is 325 g/mol. The number of ether oxygens (including phenoxy) is 1. The highest BCUT2D eigenvalue weighted by molar-refractivity contribution is 5.71. The van der Waals surface area contributed by atoms with Gasteiger partial charge in [-0.15, -0.1) is 0 Å². The molecular weight excluding hydrogens is 302 g/mol. The van der Waals surface area contributed by atoms with E-state index in [1.54, 1.807) is 0 Å². The van der Waals surface area contributed by atoms with Crippen LogP contribution in [-0.2, 0) is 9.53 Å². The number of rotatable bonds is 5. The normalized spacial score (nSPS) is 14.2. The first-order valence-corrected chi connectivity index (χ1v) is 8.12. The predicted octanol–water partition coefficient (Wildman–Crippen LogP) is 2.81. The Morgan fingerprint density at radius 2 is 1.92 bits per heavy atom. The van der Waals surface area contributed by atoms with E-state index in [1.165, 1.54) is 18.4 Å². The summed E-state index contributed by atoms with van der Waals surface area (Å²) in [5.74, 6) is 1.23. The first-order valence-electron chi connectivity index (χ1n) is 8.12. The maximum Gasteiger partial charge on any atom is 0.305 e. The molecular formula is C19H23N3O2. The van der Waals surface area contributed by atoms with Crippen molar-refractivity contribution in [1.29, 1.82) is 0 Å². The maximum absolute atomic E-state index is 11.3. The van der Waals surface area contributed by atoms with Gasteiger partial charge in [-0.05, 0) is 35.4 Å². The van der Waals surface area contributed by atoms with Crippen LogP contribution in [0.1, 0.15) is 6.42 Å². The molecule has 5 nitrogen and oxygen atoms in total. The Morgan fingerprint density at radius 1 is 1.21 bits per heavy atom. The van der Waals surface area contributed by atoms with Gasteiger partial charge in [0.25, 0.3) is 0 Å². The Balaban J connectivity index is 1.64. The van der Waals surface area contributed by atoms with Crippen LogP contribution in [0, 0.1) is 5.92 Å². The van der Waals surface area contributed by atoms with Crippen molar-refractivity contribution in [3.63, 3.8) is 0 Å². The number of hydrogen-bond donors (Lipinski definition) is 0. The van der Waals surface area contributed by atoms with Crippen LogP contribution in [0.15, 0.2) is 42.6 Å². The number of benzene rings is 1. The van der Waals surface area contributed by atoms with E-state index in [0.717, 1.165) is 24.5 Å². The number of nitrogens with zero attached hydrogens (tertiary/aromatic N) is 3. The molecule has 1 aliphatic heterocycles. The molecule has 5 heteroatoms. The van der Waals surface area contributed by atoms with Crippen molar-refractivity contribution in [2.24, 2.45) is 5.92 Å². The zero-order chi connectivity index (χ0) is 17.1. The number of esters is 1. The first kappa shape index (κ1) is 16.3. The predicted molar refractivity (Wildman–Crippen MR) is 96.3 cm³/mol. The summed E-state index contributed by atoms with van der Waals surface area (Å²) < 4.78 is 4.72. The van der Waals surface area contributed by atoms with E-state index >= 15 is 0 Å². The molecule has 1 saturated heterocycles. The third-order valence-electron chi connectivity index (χ3n) is 4.41. The van der Waals surface area contributed by atoms with E-state index < -0.39 is 0 Å². The lowest BCUT2D eigenvalue weighted by atomic mass is 9.95. The van der Waals surface area contributed by atoms with E-state index in [1.807, 2.05) is 31.3 Å². The number of carbonyl (C=O) groups is 1. The lowest BCUT2D eigenvalue weighted by Gasteiger charge is -2.40. The molecule has 1 aliphatic rings. The van der Waals surface area contributed by atoms with Crippen LogP contribution in [0.25, 0.3) is 11.1 Å². The van der Waals surface area contributed by atoms with E-state index in [9.17, 15) is 4.79 Å². The van der Waals surface area contributed by atoms with E-state index in [2.05, 4.69) is 40.2 Å². The van der Waals surface area contributed by atoms with Gasteiger partial charge in [0.15, 0.2) is 0 Å². The number of methoxy groups -OCH3 is 1. The fraction of sp³-hybridized carbons (Fsp3) is 0.368. The summed E-state index contributed by atoms with van der Waals surface area (Å²) in [6.45, 7) is 1.82.